The predicted octanol–water partition coefficient (Wildman–Crippen LogP) is -2.48. The number of fused-ring (bicyclic) bond motifs is 2. The largest absolute Gasteiger partial charge is 0.504 e. The van der Waals surface area contributed by atoms with Crippen molar-refractivity contribution in [3.8, 4) is 11.5 Å². The molecule has 27 nitrogen and oxygen atoms in total. The van der Waals surface area contributed by atoms with Gasteiger partial charge in [0.15, 0.2) is 11.5 Å². The van der Waals surface area contributed by atoms with Crippen LogP contribution in [0.25, 0.3) is 0 Å². The van der Waals surface area contributed by atoms with Gasteiger partial charge in [-0.25, -0.2) is 0 Å². The highest BCUT2D eigenvalue weighted by molar-refractivity contribution is 7.81. The summed E-state index contributed by atoms with van der Waals surface area (Å²) in [7, 11) is -5.21. The second kappa shape index (κ2) is 31.1. The van der Waals surface area contributed by atoms with E-state index < -0.39 is 194 Å². The summed E-state index contributed by atoms with van der Waals surface area (Å²) < 4.78 is 36.6. The van der Waals surface area contributed by atoms with Crippen LogP contribution in [-0.2, 0) is 55.2 Å². The number of carbonyl (C=O) groups excluding carboxylic acids is 8. The van der Waals surface area contributed by atoms with E-state index in [0.717, 1.165) is 60.1 Å². The van der Waals surface area contributed by atoms with Gasteiger partial charge in [-0.1, -0.05) is 97.0 Å². The van der Waals surface area contributed by atoms with E-state index in [1.54, 1.807) is 0 Å². The predicted molar refractivity (Wildman–Crippen MR) is 275 cm³/mol. The molecule has 8 amide bonds. The summed E-state index contributed by atoms with van der Waals surface area (Å²) in [5.41, 5.74) is 5.23. The van der Waals surface area contributed by atoms with Crippen LogP contribution >= 0.6 is 0 Å². The molecule has 3 aliphatic heterocycles. The number of rotatable bonds is 24. The maximum absolute atomic E-state index is 14.5. The number of nitrogens with one attached hydrogen (secondary N) is 5. The second-order valence-electron chi connectivity index (χ2n) is 20.6. The summed E-state index contributed by atoms with van der Waals surface area (Å²) in [6.45, 7) is 1.54. The van der Waals surface area contributed by atoms with E-state index in [9.17, 15) is 87.1 Å². The average Bonchev–Trinajstić information content (AvgIpc) is 3.91. The molecular weight excluding hydrogens is 1050 g/mol. The van der Waals surface area contributed by atoms with Crippen LogP contribution in [-0.4, -0.2) is 192 Å². The van der Waals surface area contributed by atoms with Crippen LogP contribution in [0, 0.1) is 5.92 Å². The third-order valence-electron chi connectivity index (χ3n) is 14.1. The van der Waals surface area contributed by atoms with Crippen molar-refractivity contribution in [1.29, 1.82) is 0 Å². The fourth-order valence-corrected chi connectivity index (χ4v) is 10.2. The van der Waals surface area contributed by atoms with Gasteiger partial charge in [-0.05, 0) is 37.0 Å². The van der Waals surface area contributed by atoms with Gasteiger partial charge < -0.3 is 82.0 Å². The summed E-state index contributed by atoms with van der Waals surface area (Å²) in [5.74, 6) is -11.7. The molecule has 0 bridgehead atoms. The number of hydrogen-bond donors (Lipinski definition) is 14. The fraction of sp³-hybridized carbons (Fsp3) is 0.720. The lowest BCUT2D eigenvalue weighted by Gasteiger charge is -2.33. The first-order valence-corrected chi connectivity index (χ1v) is 28.1. The number of phenols is 1. The Hall–Kier alpha value is -5.75. The van der Waals surface area contributed by atoms with E-state index in [1.807, 2.05) is 0 Å². The van der Waals surface area contributed by atoms with Crippen LogP contribution in [0.4, 0.5) is 0 Å². The third-order valence-corrected chi connectivity index (χ3v) is 14.5. The number of aromatic hydroxyl groups is 1. The molecule has 440 valence electrons. The van der Waals surface area contributed by atoms with Crippen LogP contribution < -0.4 is 36.5 Å². The highest BCUT2D eigenvalue weighted by Crippen LogP contribution is 2.30. The Morgan fingerprint density at radius 3 is 1.96 bits per heavy atom. The molecule has 0 unspecified atom stereocenters. The second-order valence-corrected chi connectivity index (χ2v) is 21.6. The molecule has 3 aliphatic rings. The Labute approximate surface area is 453 Å². The summed E-state index contributed by atoms with van der Waals surface area (Å²) in [4.78, 5) is 112. The lowest BCUT2D eigenvalue weighted by molar-refractivity contribution is -0.148. The standard InChI is InChI=1S/C50H80N8O19S/c1-3-4-5-6-7-8-9-10-11-12-13-14-15-16-39(65)52-31-18-20-40(66)54-48(71)43-44(67)28(2)25-58(43)50(73)42(36(63)24-38(51)64)56-47(70)41(35(62)21-29-17-19-34(61)37(22-29)77-78(74,75)76)55-46(69)33-23-30(60)26-57(33)49(72)32(27-59)53-45(31)68/h17,19,22,28,30-33,35-36,40-44,59-63,66-67H,3-16,18,20-21,23-27H2,1-2H3,(H2,51,64)(H,52,65)(H,53,68)(H,54,71)(H,55,69)(H,56,70)(H,74,75,76)/t28-,30-,31+,32-,33+,35+,36+,40+,41-,42+,43+,44-/m0/s1. The average molecular weight is 1130 g/mol. The molecule has 3 fully saturated rings. The number of carbonyl (C=O) groups is 8. The van der Waals surface area contributed by atoms with Crippen LogP contribution in [0.3, 0.4) is 0 Å². The topological polar surface area (TPSA) is 434 Å². The molecule has 1 aromatic rings. The molecular formula is C50H80N8O19S. The number of hydrogen-bond acceptors (Lipinski definition) is 18. The maximum Gasteiger partial charge on any atom is 0.446 e. The normalized spacial score (nSPS) is 26.8. The zero-order chi connectivity index (χ0) is 57.9. The van der Waals surface area contributed by atoms with Crippen LogP contribution in [0.1, 0.15) is 135 Å². The van der Waals surface area contributed by atoms with Gasteiger partial charge in [-0.15, -0.1) is 0 Å². The van der Waals surface area contributed by atoms with Crippen LogP contribution in [0.5, 0.6) is 11.5 Å². The number of benzene rings is 1. The molecule has 3 heterocycles. The SMILES string of the molecule is CCCCCCCCCCCCCCCC(=O)N[C@@H]1CC[C@@H](O)NC(=O)[C@H]2[C@@H](O)[C@@H](C)CN2C(=O)[C@@H]([C@H](O)CC(N)=O)NC(=O)[C@H]([C@H](O)Cc2ccc(O)c(OS(=O)(=O)O)c2)NC(=O)[C@H]2C[C@H](O)CN2C(=O)[C@H](CO)NC1=O. The molecule has 78 heavy (non-hydrogen) atoms. The van der Waals surface area contributed by atoms with Gasteiger partial charge in [0.2, 0.25) is 47.3 Å². The molecule has 15 N–H and O–H groups in total. The quantitative estimate of drug-likeness (QED) is 0.0377. The van der Waals surface area contributed by atoms with Crippen molar-refractivity contribution in [3.63, 3.8) is 0 Å². The summed E-state index contributed by atoms with van der Waals surface area (Å²) in [5, 5.41) is 88.5. The van der Waals surface area contributed by atoms with Crippen molar-refractivity contribution in [2.75, 3.05) is 19.7 Å². The molecule has 12 atom stereocenters. The Morgan fingerprint density at radius 2 is 1.37 bits per heavy atom. The summed E-state index contributed by atoms with van der Waals surface area (Å²) >= 11 is 0. The van der Waals surface area contributed by atoms with Gasteiger partial charge in [0.25, 0.3) is 0 Å². The summed E-state index contributed by atoms with van der Waals surface area (Å²) in [6, 6.07) is -8.59. The number of aliphatic hydroxyl groups excluding tert-OH is 6. The first-order valence-electron chi connectivity index (χ1n) is 26.8. The van der Waals surface area contributed by atoms with Crippen molar-refractivity contribution in [3.05, 3.63) is 23.8 Å². The number of primary amides is 1. The van der Waals surface area contributed by atoms with Gasteiger partial charge in [0, 0.05) is 38.3 Å². The first kappa shape index (κ1) is 64.8. The van der Waals surface area contributed by atoms with E-state index in [2.05, 4.69) is 37.7 Å². The van der Waals surface area contributed by atoms with Gasteiger partial charge in [0.1, 0.15) is 42.5 Å². The van der Waals surface area contributed by atoms with Crippen molar-refractivity contribution < 1.29 is 91.3 Å². The van der Waals surface area contributed by atoms with E-state index >= 15 is 0 Å². The monoisotopic (exact) mass is 1130 g/mol. The highest BCUT2D eigenvalue weighted by atomic mass is 32.3. The number of aliphatic hydroxyl groups is 6. The molecule has 0 radical (unpaired) electrons. The zero-order valence-electron chi connectivity index (χ0n) is 44.2. The maximum atomic E-state index is 14.5. The van der Waals surface area contributed by atoms with Crippen molar-refractivity contribution in [1.82, 2.24) is 36.4 Å². The Balaban J connectivity index is 1.67. The lowest BCUT2D eigenvalue weighted by Crippen LogP contribution is -2.64. The van der Waals surface area contributed by atoms with Crippen molar-refractivity contribution >= 4 is 57.7 Å². The molecule has 0 aromatic heterocycles. The lowest BCUT2D eigenvalue weighted by atomic mass is 9.98. The zero-order valence-corrected chi connectivity index (χ0v) is 45.0. The molecule has 1 aromatic carbocycles. The van der Waals surface area contributed by atoms with E-state index in [1.165, 1.54) is 51.9 Å². The molecule has 0 spiro atoms. The minimum Gasteiger partial charge on any atom is -0.504 e. The number of amides is 8. The smallest absolute Gasteiger partial charge is 0.446 e. The molecule has 28 heteroatoms. The molecule has 4 rings (SSSR count). The van der Waals surface area contributed by atoms with E-state index in [-0.39, 0.29) is 12.0 Å². The van der Waals surface area contributed by atoms with Gasteiger partial charge in [-0.3, -0.25) is 42.9 Å². The Kier molecular flexibility index (Phi) is 25.9. The van der Waals surface area contributed by atoms with Gasteiger partial charge >= 0.3 is 10.4 Å². The van der Waals surface area contributed by atoms with E-state index in [0.29, 0.717) is 6.42 Å². The number of nitrogens with zero attached hydrogens (tertiary/aromatic N) is 2. The van der Waals surface area contributed by atoms with Crippen LogP contribution in [0.15, 0.2) is 18.2 Å². The highest BCUT2D eigenvalue weighted by Gasteiger charge is 2.50. The number of unbranched alkanes of at least 4 members (excludes halogenated alkanes) is 12. The van der Waals surface area contributed by atoms with Gasteiger partial charge in [-0.2, -0.15) is 8.42 Å². The minimum absolute atomic E-state index is 0.00607. The fourth-order valence-electron chi connectivity index (χ4n) is 9.88. The Morgan fingerprint density at radius 1 is 0.769 bits per heavy atom. The molecule has 0 aliphatic carbocycles. The van der Waals surface area contributed by atoms with Crippen LogP contribution in [0.2, 0.25) is 0 Å². The minimum atomic E-state index is -5.21. The number of phenolic OH excluding ortho intramolecular Hbond substituents is 1. The number of nitrogens with two attached hydrogens (primary N) is 1. The summed E-state index contributed by atoms with van der Waals surface area (Å²) in [6.07, 6.45) is 1.43. The van der Waals surface area contributed by atoms with E-state index in [4.69, 9.17) is 5.73 Å². The van der Waals surface area contributed by atoms with Gasteiger partial charge in [0.05, 0.1) is 37.4 Å². The Bertz CT molecular complexity index is 2330. The van der Waals surface area contributed by atoms with Crippen molar-refractivity contribution in [2.24, 2.45) is 11.7 Å². The van der Waals surface area contributed by atoms with Crippen molar-refractivity contribution in [2.45, 2.75) is 203 Å². The third kappa shape index (κ3) is 19.9. The molecule has 3 saturated heterocycles. The first-order chi connectivity index (χ1) is 36.8. The molecule has 0 saturated carbocycles.